The molecule has 2 N–H and O–H groups in total. The third-order valence-corrected chi connectivity index (χ3v) is 4.62. The van der Waals surface area contributed by atoms with Crippen molar-refractivity contribution in [2.45, 2.75) is 19.4 Å². The first-order chi connectivity index (χ1) is 13.6. The van der Waals surface area contributed by atoms with Gasteiger partial charge in [0.1, 0.15) is 22.8 Å². The van der Waals surface area contributed by atoms with Gasteiger partial charge in [0.15, 0.2) is 5.96 Å². The molecule has 1 unspecified atom stereocenters. The van der Waals surface area contributed by atoms with E-state index in [-0.39, 0.29) is 6.04 Å². The summed E-state index contributed by atoms with van der Waals surface area (Å²) in [7, 11) is 5.08. The third kappa shape index (κ3) is 4.57. The molecular formula is C22H27N3O3. The third-order valence-electron chi connectivity index (χ3n) is 4.62. The fourth-order valence-electron chi connectivity index (χ4n) is 3.12. The molecule has 0 aliphatic rings. The van der Waals surface area contributed by atoms with Crippen LogP contribution in [-0.2, 0) is 6.42 Å². The van der Waals surface area contributed by atoms with Gasteiger partial charge in [-0.1, -0.05) is 18.2 Å². The number of benzene rings is 2. The molecule has 0 spiro atoms. The number of ether oxygens (including phenoxy) is 2. The lowest BCUT2D eigenvalue weighted by atomic mass is 10.1. The molecule has 2 aromatic carbocycles. The van der Waals surface area contributed by atoms with E-state index in [9.17, 15) is 0 Å². The number of hydrogen-bond acceptors (Lipinski definition) is 4. The predicted molar refractivity (Wildman–Crippen MR) is 112 cm³/mol. The second-order valence-electron chi connectivity index (χ2n) is 6.47. The maximum atomic E-state index is 5.86. The minimum atomic E-state index is -0.0116. The zero-order valence-electron chi connectivity index (χ0n) is 16.8. The van der Waals surface area contributed by atoms with Crippen molar-refractivity contribution in [1.82, 2.24) is 10.6 Å². The Kier molecular flexibility index (Phi) is 6.42. The van der Waals surface area contributed by atoms with Crippen molar-refractivity contribution in [2.24, 2.45) is 4.99 Å². The minimum Gasteiger partial charge on any atom is -0.497 e. The van der Waals surface area contributed by atoms with Crippen LogP contribution in [0.3, 0.4) is 0 Å². The Hall–Kier alpha value is -3.15. The standard InChI is InChI=1S/C22H27N3O3/c1-15(19-14-17(26-3)9-10-21(19)27-4)25-22(23-2)24-12-11-18-13-16-7-5-6-8-20(16)28-18/h5-10,13-15H,11-12H2,1-4H3,(H2,23,24,25). The highest BCUT2D eigenvalue weighted by molar-refractivity contribution is 5.80. The van der Waals surface area contributed by atoms with E-state index in [1.54, 1.807) is 21.3 Å². The van der Waals surface area contributed by atoms with Crippen LogP contribution in [-0.4, -0.2) is 33.8 Å². The fourth-order valence-corrected chi connectivity index (χ4v) is 3.12. The fraction of sp³-hybridized carbons (Fsp3) is 0.318. The molecule has 1 aromatic heterocycles. The van der Waals surface area contributed by atoms with E-state index in [0.717, 1.165) is 40.2 Å². The molecule has 0 aliphatic heterocycles. The summed E-state index contributed by atoms with van der Waals surface area (Å²) in [5, 5.41) is 7.85. The van der Waals surface area contributed by atoms with E-state index in [4.69, 9.17) is 13.9 Å². The van der Waals surface area contributed by atoms with Gasteiger partial charge in [-0.05, 0) is 37.3 Å². The molecule has 0 radical (unpaired) electrons. The lowest BCUT2D eigenvalue weighted by Crippen LogP contribution is -2.39. The van der Waals surface area contributed by atoms with Crippen LogP contribution in [0, 0.1) is 0 Å². The molecule has 0 bridgehead atoms. The van der Waals surface area contributed by atoms with E-state index < -0.39 is 0 Å². The van der Waals surface area contributed by atoms with Gasteiger partial charge in [-0.15, -0.1) is 0 Å². The van der Waals surface area contributed by atoms with E-state index in [0.29, 0.717) is 12.5 Å². The summed E-state index contributed by atoms with van der Waals surface area (Å²) in [6.45, 7) is 2.77. The highest BCUT2D eigenvalue weighted by atomic mass is 16.5. The van der Waals surface area contributed by atoms with Crippen molar-refractivity contribution in [3.8, 4) is 11.5 Å². The number of methoxy groups -OCH3 is 2. The molecule has 1 atom stereocenters. The SMILES string of the molecule is CN=C(NCCc1cc2ccccc2o1)NC(C)c1cc(OC)ccc1OC. The maximum Gasteiger partial charge on any atom is 0.191 e. The van der Waals surface area contributed by atoms with Crippen molar-refractivity contribution < 1.29 is 13.9 Å². The Bertz CT molecular complexity index is 916. The number of guanidine groups is 1. The zero-order valence-corrected chi connectivity index (χ0v) is 16.8. The molecule has 0 aliphatic carbocycles. The molecular weight excluding hydrogens is 354 g/mol. The number of aliphatic imine (C=N–C) groups is 1. The number of hydrogen-bond donors (Lipinski definition) is 2. The largest absolute Gasteiger partial charge is 0.497 e. The van der Waals surface area contributed by atoms with Gasteiger partial charge >= 0.3 is 0 Å². The van der Waals surface area contributed by atoms with Gasteiger partial charge in [-0.25, -0.2) is 0 Å². The average Bonchev–Trinajstić information content (AvgIpc) is 3.15. The van der Waals surface area contributed by atoms with E-state index in [1.807, 2.05) is 36.4 Å². The van der Waals surface area contributed by atoms with Crippen LogP contribution in [0.2, 0.25) is 0 Å². The van der Waals surface area contributed by atoms with E-state index in [1.165, 1.54) is 0 Å². The quantitative estimate of drug-likeness (QED) is 0.480. The summed E-state index contributed by atoms with van der Waals surface area (Å²) in [6, 6.07) is 15.9. The number of nitrogens with one attached hydrogen (secondary N) is 2. The van der Waals surface area contributed by atoms with Crippen molar-refractivity contribution in [3.63, 3.8) is 0 Å². The Labute approximate surface area is 165 Å². The summed E-state index contributed by atoms with van der Waals surface area (Å²) < 4.78 is 16.7. The van der Waals surface area contributed by atoms with E-state index >= 15 is 0 Å². The summed E-state index contributed by atoms with van der Waals surface area (Å²) >= 11 is 0. The van der Waals surface area contributed by atoms with Gasteiger partial charge in [0.2, 0.25) is 0 Å². The van der Waals surface area contributed by atoms with E-state index in [2.05, 4.69) is 34.7 Å². The smallest absolute Gasteiger partial charge is 0.191 e. The second kappa shape index (κ2) is 9.17. The molecule has 3 rings (SSSR count). The lowest BCUT2D eigenvalue weighted by Gasteiger charge is -2.20. The summed E-state index contributed by atoms with van der Waals surface area (Å²) in [4.78, 5) is 4.32. The Morgan fingerprint density at radius 1 is 1.11 bits per heavy atom. The molecule has 6 heteroatoms. The van der Waals surface area contributed by atoms with Crippen LogP contribution in [0.5, 0.6) is 11.5 Å². The van der Waals surface area contributed by atoms with Gasteiger partial charge < -0.3 is 24.5 Å². The zero-order chi connectivity index (χ0) is 19.9. The van der Waals surface area contributed by atoms with Gasteiger partial charge in [-0.3, -0.25) is 4.99 Å². The highest BCUT2D eigenvalue weighted by Gasteiger charge is 2.14. The van der Waals surface area contributed by atoms with Crippen LogP contribution in [0.15, 0.2) is 57.9 Å². The number of fused-ring (bicyclic) bond motifs is 1. The van der Waals surface area contributed by atoms with Crippen LogP contribution in [0.25, 0.3) is 11.0 Å². The molecule has 148 valence electrons. The first-order valence-electron chi connectivity index (χ1n) is 9.31. The monoisotopic (exact) mass is 381 g/mol. The van der Waals surface area contributed by atoms with Gasteiger partial charge in [0.25, 0.3) is 0 Å². The topological polar surface area (TPSA) is 68.0 Å². The highest BCUT2D eigenvalue weighted by Crippen LogP contribution is 2.29. The molecule has 0 fully saturated rings. The minimum absolute atomic E-state index is 0.0116. The van der Waals surface area contributed by atoms with Crippen molar-refractivity contribution in [2.75, 3.05) is 27.8 Å². The molecule has 0 saturated carbocycles. The normalized spacial score (nSPS) is 12.6. The molecule has 0 amide bonds. The summed E-state index contributed by atoms with van der Waals surface area (Å²) in [6.07, 6.45) is 0.770. The Morgan fingerprint density at radius 3 is 2.64 bits per heavy atom. The Balaban J connectivity index is 1.59. The first-order valence-corrected chi connectivity index (χ1v) is 9.31. The molecule has 0 saturated heterocycles. The average molecular weight is 381 g/mol. The maximum absolute atomic E-state index is 5.86. The van der Waals surface area contributed by atoms with Crippen LogP contribution in [0.1, 0.15) is 24.3 Å². The van der Waals surface area contributed by atoms with Crippen LogP contribution < -0.4 is 20.1 Å². The molecule has 6 nitrogen and oxygen atoms in total. The second-order valence-corrected chi connectivity index (χ2v) is 6.47. The summed E-state index contributed by atoms with van der Waals surface area (Å²) in [5.41, 5.74) is 1.92. The number of rotatable bonds is 7. The number of para-hydroxylation sites is 1. The molecule has 28 heavy (non-hydrogen) atoms. The van der Waals surface area contributed by atoms with Gasteiger partial charge in [0.05, 0.1) is 20.3 Å². The summed E-state index contributed by atoms with van der Waals surface area (Å²) in [5.74, 6) is 3.26. The number of furan rings is 1. The van der Waals surface area contributed by atoms with Crippen LogP contribution >= 0.6 is 0 Å². The first kappa shape index (κ1) is 19.6. The van der Waals surface area contributed by atoms with Crippen LogP contribution in [0.4, 0.5) is 0 Å². The van der Waals surface area contributed by atoms with Crippen molar-refractivity contribution in [3.05, 3.63) is 59.9 Å². The van der Waals surface area contributed by atoms with Gasteiger partial charge in [-0.2, -0.15) is 0 Å². The Morgan fingerprint density at radius 2 is 1.93 bits per heavy atom. The van der Waals surface area contributed by atoms with Crippen molar-refractivity contribution in [1.29, 1.82) is 0 Å². The molecule has 1 heterocycles. The predicted octanol–water partition coefficient (Wildman–Crippen LogP) is 3.92. The van der Waals surface area contributed by atoms with Gasteiger partial charge in [0, 0.05) is 31.0 Å². The van der Waals surface area contributed by atoms with Crippen molar-refractivity contribution >= 4 is 16.9 Å². The number of nitrogens with zero attached hydrogens (tertiary/aromatic N) is 1. The lowest BCUT2D eigenvalue weighted by molar-refractivity contribution is 0.394. The molecule has 3 aromatic rings.